The largest absolute Gasteiger partial charge is 0.298 e. The number of carbonyl (C=O) groups excluding carboxylic acids is 1. The Morgan fingerprint density at radius 1 is 1.12 bits per heavy atom. The van der Waals surface area contributed by atoms with Crippen LogP contribution < -0.4 is 0 Å². The van der Waals surface area contributed by atoms with Crippen molar-refractivity contribution in [3.05, 3.63) is 0 Å². The summed E-state index contributed by atoms with van der Waals surface area (Å²) in [6.07, 6.45) is 9.61. The smallest absolute Gasteiger partial charge is 0.149 e. The highest BCUT2D eigenvalue weighted by molar-refractivity contribution is 5.84. The average Bonchev–Trinajstić information content (AvgIpc) is 2.55. The summed E-state index contributed by atoms with van der Waals surface area (Å²) < 4.78 is 0. The van der Waals surface area contributed by atoms with Crippen molar-refractivity contribution in [1.82, 2.24) is 4.90 Å². The van der Waals surface area contributed by atoms with Gasteiger partial charge in [0.1, 0.15) is 5.78 Å². The van der Waals surface area contributed by atoms with Gasteiger partial charge in [0.25, 0.3) is 0 Å². The van der Waals surface area contributed by atoms with E-state index in [-0.39, 0.29) is 6.04 Å². The normalized spacial score (nSPS) is 33.7. The van der Waals surface area contributed by atoms with Crippen LogP contribution >= 0.6 is 0 Å². The van der Waals surface area contributed by atoms with Gasteiger partial charge in [0.15, 0.2) is 0 Å². The van der Waals surface area contributed by atoms with E-state index in [0.29, 0.717) is 5.78 Å². The van der Waals surface area contributed by atoms with Gasteiger partial charge in [0.2, 0.25) is 0 Å². The van der Waals surface area contributed by atoms with Gasteiger partial charge in [0.05, 0.1) is 6.04 Å². The lowest BCUT2D eigenvalue weighted by Crippen LogP contribution is -2.43. The average molecular weight is 223 g/mol. The Bertz CT molecular complexity index is 239. The van der Waals surface area contributed by atoms with E-state index in [1.165, 1.54) is 32.1 Å². The SMILES string of the molecule is CCC1CCCN(C2CCCCC2=O)CC1. The minimum absolute atomic E-state index is 0.282. The van der Waals surface area contributed by atoms with Crippen LogP contribution in [0.15, 0.2) is 0 Å². The number of rotatable bonds is 2. The summed E-state index contributed by atoms with van der Waals surface area (Å²) in [4.78, 5) is 14.4. The quantitative estimate of drug-likeness (QED) is 0.717. The van der Waals surface area contributed by atoms with Crippen LogP contribution in [-0.4, -0.2) is 29.8 Å². The van der Waals surface area contributed by atoms with Crippen molar-refractivity contribution in [3.63, 3.8) is 0 Å². The molecule has 2 fully saturated rings. The van der Waals surface area contributed by atoms with Crippen LogP contribution in [0.3, 0.4) is 0 Å². The van der Waals surface area contributed by atoms with Crippen molar-refractivity contribution in [2.75, 3.05) is 13.1 Å². The highest BCUT2D eigenvalue weighted by atomic mass is 16.1. The van der Waals surface area contributed by atoms with E-state index in [1.807, 2.05) is 0 Å². The number of Topliss-reactive ketones (excluding diaryl/α,β-unsaturated/α-hetero) is 1. The Labute approximate surface area is 99.4 Å². The summed E-state index contributed by atoms with van der Waals surface area (Å²) in [5, 5.41) is 0. The molecule has 1 heterocycles. The molecule has 2 atom stereocenters. The molecule has 1 saturated carbocycles. The number of ketones is 1. The van der Waals surface area contributed by atoms with E-state index in [0.717, 1.165) is 38.3 Å². The van der Waals surface area contributed by atoms with Crippen molar-refractivity contribution >= 4 is 5.78 Å². The Morgan fingerprint density at radius 3 is 2.75 bits per heavy atom. The molecule has 2 nitrogen and oxygen atoms in total. The molecule has 0 aromatic carbocycles. The van der Waals surface area contributed by atoms with E-state index in [9.17, 15) is 4.79 Å². The summed E-state index contributed by atoms with van der Waals surface area (Å²) in [7, 11) is 0. The van der Waals surface area contributed by atoms with Crippen molar-refractivity contribution in [2.24, 2.45) is 5.92 Å². The third kappa shape index (κ3) is 2.85. The zero-order chi connectivity index (χ0) is 11.4. The Morgan fingerprint density at radius 2 is 2.00 bits per heavy atom. The molecule has 0 aromatic heterocycles. The molecule has 2 aliphatic rings. The second-order valence-electron chi connectivity index (χ2n) is 5.47. The van der Waals surface area contributed by atoms with E-state index >= 15 is 0 Å². The molecule has 1 aliphatic carbocycles. The summed E-state index contributed by atoms with van der Waals surface area (Å²) in [5.74, 6) is 1.42. The topological polar surface area (TPSA) is 20.3 Å². The van der Waals surface area contributed by atoms with Crippen molar-refractivity contribution in [2.45, 2.75) is 64.3 Å². The molecule has 0 aromatic rings. The minimum Gasteiger partial charge on any atom is -0.298 e. The highest BCUT2D eigenvalue weighted by Gasteiger charge is 2.29. The summed E-state index contributed by atoms with van der Waals surface area (Å²) in [5.41, 5.74) is 0. The first-order valence-corrected chi connectivity index (χ1v) is 7.08. The van der Waals surface area contributed by atoms with E-state index in [2.05, 4.69) is 11.8 Å². The molecular formula is C14H25NO. The lowest BCUT2D eigenvalue weighted by atomic mass is 9.92. The van der Waals surface area contributed by atoms with Crippen LogP contribution in [0.1, 0.15) is 58.3 Å². The van der Waals surface area contributed by atoms with Gasteiger partial charge in [-0.2, -0.15) is 0 Å². The first-order chi connectivity index (χ1) is 7.81. The van der Waals surface area contributed by atoms with Gasteiger partial charge in [-0.1, -0.05) is 19.8 Å². The zero-order valence-corrected chi connectivity index (χ0v) is 10.6. The third-order valence-corrected chi connectivity index (χ3v) is 4.42. The molecule has 16 heavy (non-hydrogen) atoms. The van der Waals surface area contributed by atoms with E-state index in [1.54, 1.807) is 0 Å². The van der Waals surface area contributed by atoms with Gasteiger partial charge in [-0.15, -0.1) is 0 Å². The van der Waals surface area contributed by atoms with Crippen LogP contribution in [0.25, 0.3) is 0 Å². The second kappa shape index (κ2) is 5.81. The first-order valence-electron chi connectivity index (χ1n) is 7.08. The fraction of sp³-hybridized carbons (Fsp3) is 0.929. The van der Waals surface area contributed by atoms with Crippen LogP contribution in [0.2, 0.25) is 0 Å². The van der Waals surface area contributed by atoms with Crippen LogP contribution in [0.5, 0.6) is 0 Å². The van der Waals surface area contributed by atoms with Crippen LogP contribution in [0.4, 0.5) is 0 Å². The maximum atomic E-state index is 11.9. The molecule has 0 bridgehead atoms. The number of likely N-dealkylation sites (tertiary alicyclic amines) is 1. The Hall–Kier alpha value is -0.370. The van der Waals surface area contributed by atoms with Gasteiger partial charge in [0, 0.05) is 6.42 Å². The molecule has 0 spiro atoms. The van der Waals surface area contributed by atoms with Gasteiger partial charge in [-0.05, 0) is 51.1 Å². The molecule has 0 N–H and O–H groups in total. The fourth-order valence-electron chi connectivity index (χ4n) is 3.26. The predicted octanol–water partition coefficient (Wildman–Crippen LogP) is 3.01. The molecule has 2 rings (SSSR count). The van der Waals surface area contributed by atoms with E-state index < -0.39 is 0 Å². The zero-order valence-electron chi connectivity index (χ0n) is 10.6. The van der Waals surface area contributed by atoms with Gasteiger partial charge >= 0.3 is 0 Å². The molecular weight excluding hydrogens is 198 g/mol. The van der Waals surface area contributed by atoms with E-state index in [4.69, 9.17) is 0 Å². The maximum absolute atomic E-state index is 11.9. The summed E-state index contributed by atoms with van der Waals surface area (Å²) in [6, 6.07) is 0.282. The van der Waals surface area contributed by atoms with Crippen LogP contribution in [-0.2, 0) is 4.79 Å². The summed E-state index contributed by atoms with van der Waals surface area (Å²) in [6.45, 7) is 4.62. The molecule has 1 saturated heterocycles. The first kappa shape index (κ1) is 12.1. The van der Waals surface area contributed by atoms with Crippen molar-refractivity contribution < 1.29 is 4.79 Å². The molecule has 1 aliphatic heterocycles. The fourth-order valence-corrected chi connectivity index (χ4v) is 3.26. The standard InChI is InChI=1S/C14H25NO/c1-2-12-6-5-10-15(11-9-12)13-7-3-4-8-14(13)16/h12-13H,2-11H2,1H3. The van der Waals surface area contributed by atoms with Crippen molar-refractivity contribution in [3.8, 4) is 0 Å². The number of hydrogen-bond donors (Lipinski definition) is 0. The lowest BCUT2D eigenvalue weighted by Gasteiger charge is -2.32. The number of carbonyl (C=O) groups is 1. The van der Waals surface area contributed by atoms with Gasteiger partial charge in [-0.25, -0.2) is 0 Å². The molecule has 92 valence electrons. The number of nitrogens with zero attached hydrogens (tertiary/aromatic N) is 1. The maximum Gasteiger partial charge on any atom is 0.149 e. The van der Waals surface area contributed by atoms with Gasteiger partial charge in [-0.3, -0.25) is 9.69 Å². The molecule has 0 radical (unpaired) electrons. The predicted molar refractivity (Wildman–Crippen MR) is 66.5 cm³/mol. The Balaban J connectivity index is 1.90. The monoisotopic (exact) mass is 223 g/mol. The second-order valence-corrected chi connectivity index (χ2v) is 5.47. The van der Waals surface area contributed by atoms with Gasteiger partial charge < -0.3 is 0 Å². The minimum atomic E-state index is 0.282. The Kier molecular flexibility index (Phi) is 4.39. The summed E-state index contributed by atoms with van der Waals surface area (Å²) >= 11 is 0. The molecule has 2 unspecified atom stereocenters. The third-order valence-electron chi connectivity index (χ3n) is 4.42. The molecule has 2 heteroatoms. The number of hydrogen-bond acceptors (Lipinski definition) is 2. The van der Waals surface area contributed by atoms with Crippen LogP contribution in [0, 0.1) is 5.92 Å². The lowest BCUT2D eigenvalue weighted by molar-refractivity contribution is -0.126. The van der Waals surface area contributed by atoms with Crippen molar-refractivity contribution in [1.29, 1.82) is 0 Å². The highest BCUT2D eigenvalue weighted by Crippen LogP contribution is 2.25. The molecule has 0 amide bonds.